The first-order valence-electron chi connectivity index (χ1n) is 5.09. The summed E-state index contributed by atoms with van der Waals surface area (Å²) in [5.74, 6) is 1.06. The maximum Gasteiger partial charge on any atom is 0.343 e. The number of fused-ring (bicyclic) bond motifs is 1. The number of rotatable bonds is 2. The summed E-state index contributed by atoms with van der Waals surface area (Å²) in [6.07, 6.45) is 3.84. The van der Waals surface area contributed by atoms with Crippen LogP contribution >= 0.6 is 0 Å². The van der Waals surface area contributed by atoms with Gasteiger partial charge in [0.2, 0.25) is 0 Å². The van der Waals surface area contributed by atoms with Gasteiger partial charge in [-0.15, -0.1) is 0 Å². The summed E-state index contributed by atoms with van der Waals surface area (Å²) in [4.78, 5) is 11.3. The van der Waals surface area contributed by atoms with Crippen molar-refractivity contribution >= 4 is 0 Å². The van der Waals surface area contributed by atoms with E-state index in [1.54, 1.807) is 4.57 Å². The molecule has 0 saturated heterocycles. The van der Waals surface area contributed by atoms with Gasteiger partial charge in [-0.1, -0.05) is 6.42 Å². The lowest BCUT2D eigenvalue weighted by Crippen LogP contribution is -2.19. The van der Waals surface area contributed by atoms with Crippen LogP contribution in [0.5, 0.6) is 0 Å². The molecule has 1 aromatic rings. The molecule has 2 heterocycles. The molecule has 1 unspecified atom stereocenters. The standard InChI is InChI=1S/C9H15N3O2/c13-6-4-7-3-1-2-5-12-8(7)10-11-9(12)14/h7,13H,1-6H2,(H,11,14). The SMILES string of the molecule is O=c1[nH]nc2n1CCCCC2CCO. The number of aromatic nitrogens is 3. The Kier molecular flexibility index (Phi) is 2.67. The quantitative estimate of drug-likeness (QED) is 0.712. The average Bonchev–Trinajstić information content (AvgIpc) is 2.43. The molecule has 0 spiro atoms. The molecule has 2 rings (SSSR count). The van der Waals surface area contributed by atoms with Crippen LogP contribution in [0.1, 0.15) is 37.4 Å². The van der Waals surface area contributed by atoms with E-state index in [2.05, 4.69) is 10.2 Å². The van der Waals surface area contributed by atoms with Crippen LogP contribution in [0.3, 0.4) is 0 Å². The van der Waals surface area contributed by atoms with Crippen molar-refractivity contribution in [3.05, 3.63) is 16.3 Å². The Morgan fingerprint density at radius 3 is 3.21 bits per heavy atom. The molecule has 0 fully saturated rings. The van der Waals surface area contributed by atoms with Gasteiger partial charge < -0.3 is 5.11 Å². The number of aliphatic hydroxyl groups is 1. The van der Waals surface area contributed by atoms with Gasteiger partial charge in [0, 0.05) is 19.1 Å². The summed E-state index contributed by atoms with van der Waals surface area (Å²) in [7, 11) is 0. The Bertz CT molecular complexity index is 355. The van der Waals surface area contributed by atoms with Gasteiger partial charge in [0.15, 0.2) is 0 Å². The van der Waals surface area contributed by atoms with Crippen LogP contribution in [0.2, 0.25) is 0 Å². The summed E-state index contributed by atoms with van der Waals surface area (Å²) in [5.41, 5.74) is -0.121. The highest BCUT2D eigenvalue weighted by Crippen LogP contribution is 2.25. The van der Waals surface area contributed by atoms with E-state index in [0.29, 0.717) is 6.42 Å². The maximum absolute atomic E-state index is 11.3. The molecular weight excluding hydrogens is 182 g/mol. The van der Waals surface area contributed by atoms with Gasteiger partial charge in [-0.25, -0.2) is 9.89 Å². The first-order valence-corrected chi connectivity index (χ1v) is 5.09. The minimum Gasteiger partial charge on any atom is -0.396 e. The monoisotopic (exact) mass is 197 g/mol. The van der Waals surface area contributed by atoms with Gasteiger partial charge >= 0.3 is 5.69 Å². The molecule has 0 radical (unpaired) electrons. The second-order valence-corrected chi connectivity index (χ2v) is 3.74. The Morgan fingerprint density at radius 1 is 1.57 bits per heavy atom. The summed E-state index contributed by atoms with van der Waals surface area (Å²) >= 11 is 0. The largest absolute Gasteiger partial charge is 0.396 e. The molecule has 1 aliphatic heterocycles. The molecule has 1 aromatic heterocycles. The minimum absolute atomic E-state index is 0.121. The smallest absolute Gasteiger partial charge is 0.343 e. The van der Waals surface area contributed by atoms with E-state index in [9.17, 15) is 4.79 Å². The van der Waals surface area contributed by atoms with Crippen LogP contribution in [0.15, 0.2) is 4.79 Å². The maximum atomic E-state index is 11.3. The highest BCUT2D eigenvalue weighted by Gasteiger charge is 2.21. The fourth-order valence-corrected chi connectivity index (χ4v) is 2.08. The Morgan fingerprint density at radius 2 is 2.43 bits per heavy atom. The van der Waals surface area contributed by atoms with Crippen molar-refractivity contribution in [2.45, 2.75) is 38.1 Å². The first kappa shape index (κ1) is 9.45. The summed E-state index contributed by atoms with van der Waals surface area (Å²) in [6.45, 7) is 0.915. The van der Waals surface area contributed by atoms with Gasteiger partial charge in [0.1, 0.15) is 5.82 Å². The third-order valence-corrected chi connectivity index (χ3v) is 2.81. The van der Waals surface area contributed by atoms with Crippen molar-refractivity contribution in [1.29, 1.82) is 0 Å². The number of aromatic amines is 1. The van der Waals surface area contributed by atoms with E-state index in [0.717, 1.165) is 31.6 Å². The molecular formula is C9H15N3O2. The van der Waals surface area contributed by atoms with Crippen LogP contribution in [0.25, 0.3) is 0 Å². The van der Waals surface area contributed by atoms with Crippen molar-refractivity contribution in [3.63, 3.8) is 0 Å². The average molecular weight is 197 g/mol. The third-order valence-electron chi connectivity index (χ3n) is 2.81. The Balaban J connectivity index is 2.33. The summed E-state index contributed by atoms with van der Waals surface area (Å²) in [5, 5.41) is 15.4. The number of hydrogen-bond donors (Lipinski definition) is 2. The molecule has 78 valence electrons. The second-order valence-electron chi connectivity index (χ2n) is 3.74. The normalized spacial score (nSPS) is 21.6. The Hall–Kier alpha value is -1.10. The van der Waals surface area contributed by atoms with E-state index in [-0.39, 0.29) is 18.2 Å². The van der Waals surface area contributed by atoms with Gasteiger partial charge in [-0.05, 0) is 19.3 Å². The third kappa shape index (κ3) is 1.59. The molecule has 14 heavy (non-hydrogen) atoms. The van der Waals surface area contributed by atoms with Crippen LogP contribution in [-0.2, 0) is 6.54 Å². The van der Waals surface area contributed by atoms with Crippen molar-refractivity contribution in [3.8, 4) is 0 Å². The summed E-state index contributed by atoms with van der Waals surface area (Å²) in [6, 6.07) is 0. The zero-order valence-electron chi connectivity index (χ0n) is 8.07. The van der Waals surface area contributed by atoms with E-state index < -0.39 is 0 Å². The molecule has 1 aliphatic rings. The van der Waals surface area contributed by atoms with Crippen molar-refractivity contribution < 1.29 is 5.11 Å². The van der Waals surface area contributed by atoms with Gasteiger partial charge in [-0.3, -0.25) is 4.57 Å². The highest BCUT2D eigenvalue weighted by atomic mass is 16.3. The van der Waals surface area contributed by atoms with Crippen LogP contribution in [0, 0.1) is 0 Å². The van der Waals surface area contributed by atoms with Gasteiger partial charge in [0.25, 0.3) is 0 Å². The van der Waals surface area contributed by atoms with Crippen LogP contribution in [-0.4, -0.2) is 26.5 Å². The topological polar surface area (TPSA) is 70.9 Å². The predicted octanol–water partition coefficient (Wildman–Crippen LogP) is 0.221. The van der Waals surface area contributed by atoms with E-state index in [1.165, 1.54) is 0 Å². The molecule has 0 amide bonds. The minimum atomic E-state index is -0.121. The number of H-pyrrole nitrogens is 1. The molecule has 0 bridgehead atoms. The number of aliphatic hydroxyl groups excluding tert-OH is 1. The van der Waals surface area contributed by atoms with E-state index in [4.69, 9.17) is 5.11 Å². The molecule has 2 N–H and O–H groups in total. The van der Waals surface area contributed by atoms with E-state index in [1.807, 2.05) is 0 Å². The van der Waals surface area contributed by atoms with Crippen LogP contribution < -0.4 is 5.69 Å². The van der Waals surface area contributed by atoms with Gasteiger partial charge in [0.05, 0.1) is 0 Å². The molecule has 5 heteroatoms. The van der Waals surface area contributed by atoms with Crippen molar-refractivity contribution in [1.82, 2.24) is 14.8 Å². The van der Waals surface area contributed by atoms with Crippen LogP contribution in [0.4, 0.5) is 0 Å². The molecule has 0 saturated carbocycles. The fourth-order valence-electron chi connectivity index (χ4n) is 2.08. The first-order chi connectivity index (χ1) is 6.83. The fraction of sp³-hybridized carbons (Fsp3) is 0.778. The molecule has 1 atom stereocenters. The highest BCUT2D eigenvalue weighted by molar-refractivity contribution is 4.98. The molecule has 0 aromatic carbocycles. The lowest BCUT2D eigenvalue weighted by molar-refractivity contribution is 0.270. The molecule has 0 aliphatic carbocycles. The lowest BCUT2D eigenvalue weighted by Gasteiger charge is -2.10. The zero-order valence-corrected chi connectivity index (χ0v) is 8.07. The van der Waals surface area contributed by atoms with E-state index >= 15 is 0 Å². The Labute approximate surface area is 81.8 Å². The van der Waals surface area contributed by atoms with Crippen molar-refractivity contribution in [2.24, 2.45) is 0 Å². The second kappa shape index (κ2) is 3.96. The van der Waals surface area contributed by atoms with Gasteiger partial charge in [-0.2, -0.15) is 5.10 Å². The molecule has 5 nitrogen and oxygen atoms in total. The van der Waals surface area contributed by atoms with Crippen molar-refractivity contribution in [2.75, 3.05) is 6.61 Å². The zero-order chi connectivity index (χ0) is 9.97. The lowest BCUT2D eigenvalue weighted by atomic mass is 9.99. The predicted molar refractivity (Wildman–Crippen MR) is 51.1 cm³/mol. The summed E-state index contributed by atoms with van der Waals surface area (Å²) < 4.78 is 1.70. The number of hydrogen-bond acceptors (Lipinski definition) is 3. The number of nitrogens with one attached hydrogen (secondary N) is 1. The number of nitrogens with zero attached hydrogens (tertiary/aromatic N) is 2.